The smallest absolute Gasteiger partial charge is 0.195 e. The molecule has 1 fully saturated rings. The van der Waals surface area contributed by atoms with Crippen molar-refractivity contribution in [2.75, 3.05) is 12.0 Å². The first-order chi connectivity index (χ1) is 18.6. The summed E-state index contributed by atoms with van der Waals surface area (Å²) in [6.45, 7) is 0. The number of anilines is 1. The number of fused-ring (bicyclic) bond motifs is 5. The first-order valence-electron chi connectivity index (χ1n) is 12.5. The van der Waals surface area contributed by atoms with E-state index < -0.39 is 23.4 Å². The van der Waals surface area contributed by atoms with Gasteiger partial charge in [0.05, 0.1) is 18.0 Å². The van der Waals surface area contributed by atoms with Crippen LogP contribution in [0.25, 0.3) is 6.08 Å². The highest BCUT2D eigenvalue weighted by Crippen LogP contribution is 2.61. The highest BCUT2D eigenvalue weighted by atomic mass is 32.1. The Balaban J connectivity index is 1.55. The van der Waals surface area contributed by atoms with Crippen LogP contribution in [-0.4, -0.2) is 36.5 Å². The second-order valence-electron chi connectivity index (χ2n) is 9.88. The first kappa shape index (κ1) is 22.9. The summed E-state index contributed by atoms with van der Waals surface area (Å²) in [4.78, 5) is 46.1. The fourth-order valence-corrected chi connectivity index (χ4v) is 7.36. The Hall–Kier alpha value is -4.29. The number of carbonyl (C=O) groups is 3. The summed E-state index contributed by atoms with van der Waals surface area (Å²) in [6, 6.07) is 24.6. The van der Waals surface area contributed by atoms with Crippen molar-refractivity contribution in [1.82, 2.24) is 0 Å². The lowest BCUT2D eigenvalue weighted by molar-refractivity contribution is 0.0666. The minimum Gasteiger partial charge on any atom is -0.497 e. The van der Waals surface area contributed by atoms with Gasteiger partial charge in [0, 0.05) is 22.7 Å². The van der Waals surface area contributed by atoms with Crippen LogP contribution in [0.15, 0.2) is 96.4 Å². The van der Waals surface area contributed by atoms with Crippen LogP contribution in [-0.2, 0) is 0 Å². The number of hydrogen-bond donors (Lipinski definition) is 0. The van der Waals surface area contributed by atoms with Crippen LogP contribution in [0.4, 0.5) is 5.69 Å². The van der Waals surface area contributed by atoms with E-state index in [9.17, 15) is 14.4 Å². The van der Waals surface area contributed by atoms with Gasteiger partial charge in [-0.3, -0.25) is 14.4 Å². The molecule has 7 rings (SSSR count). The molecule has 1 aliphatic carbocycles. The molecule has 5 nitrogen and oxygen atoms in total. The molecule has 1 aromatic heterocycles. The van der Waals surface area contributed by atoms with Crippen molar-refractivity contribution < 1.29 is 19.1 Å². The van der Waals surface area contributed by atoms with Gasteiger partial charge < -0.3 is 9.64 Å². The van der Waals surface area contributed by atoms with Crippen LogP contribution in [0.3, 0.4) is 0 Å². The first-order valence-corrected chi connectivity index (χ1v) is 13.4. The van der Waals surface area contributed by atoms with E-state index in [1.807, 2.05) is 83.1 Å². The second-order valence-corrected chi connectivity index (χ2v) is 10.8. The van der Waals surface area contributed by atoms with Crippen LogP contribution in [0, 0.1) is 5.41 Å². The summed E-state index contributed by atoms with van der Waals surface area (Å²) in [5, 5.41) is 1.88. The number of methoxy groups -OCH3 is 1. The fraction of sp³-hybridized carbons (Fsp3) is 0.156. The third-order valence-corrected chi connectivity index (χ3v) is 9.10. The summed E-state index contributed by atoms with van der Waals surface area (Å²) in [5.74, 6) is -0.586. The molecule has 0 bridgehead atoms. The number of rotatable bonds is 4. The topological polar surface area (TPSA) is 63.7 Å². The molecule has 0 N–H and O–H groups in total. The average molecular weight is 518 g/mol. The van der Waals surface area contributed by atoms with Crippen molar-refractivity contribution >= 4 is 40.4 Å². The lowest BCUT2D eigenvalue weighted by atomic mass is 9.64. The van der Waals surface area contributed by atoms with Crippen molar-refractivity contribution in [1.29, 1.82) is 0 Å². The van der Waals surface area contributed by atoms with Crippen LogP contribution in [0.1, 0.15) is 47.4 Å². The highest BCUT2D eigenvalue weighted by Gasteiger charge is 2.71. The minimum absolute atomic E-state index is 0.0932. The minimum atomic E-state index is -1.49. The SMILES string of the molecule is COc1ccc([C@H]2[C@H](C(=O)c3cccs3)N3c4ccccc4C=C[C@@H]3C23C(=O)c2ccccc2C3=O)cc1. The van der Waals surface area contributed by atoms with E-state index in [2.05, 4.69) is 0 Å². The quantitative estimate of drug-likeness (QED) is 0.243. The fourth-order valence-electron chi connectivity index (χ4n) is 6.67. The molecular weight excluding hydrogens is 494 g/mol. The van der Waals surface area contributed by atoms with Gasteiger partial charge in [-0.1, -0.05) is 72.8 Å². The van der Waals surface area contributed by atoms with Gasteiger partial charge in [-0.25, -0.2) is 0 Å². The number of ketones is 3. The number of carbonyl (C=O) groups excluding carboxylic acids is 3. The van der Waals surface area contributed by atoms with E-state index in [-0.39, 0.29) is 17.3 Å². The maximum atomic E-state index is 14.5. The van der Waals surface area contributed by atoms with Crippen LogP contribution in [0.5, 0.6) is 5.75 Å². The molecule has 3 atom stereocenters. The van der Waals surface area contributed by atoms with Gasteiger partial charge in [-0.05, 0) is 40.8 Å². The van der Waals surface area contributed by atoms with Crippen molar-refractivity contribution in [2.24, 2.45) is 5.41 Å². The van der Waals surface area contributed by atoms with Crippen molar-refractivity contribution in [2.45, 2.75) is 18.0 Å². The van der Waals surface area contributed by atoms with E-state index in [0.717, 1.165) is 16.8 Å². The molecule has 0 saturated carbocycles. The Morgan fingerprint density at radius 2 is 1.55 bits per heavy atom. The molecular formula is C32H23NO4S. The molecule has 1 saturated heterocycles. The Labute approximate surface area is 224 Å². The third kappa shape index (κ3) is 2.89. The number of para-hydroxylation sites is 1. The predicted molar refractivity (Wildman–Crippen MR) is 147 cm³/mol. The molecule has 6 heteroatoms. The van der Waals surface area contributed by atoms with Gasteiger partial charge in [0.1, 0.15) is 17.2 Å². The van der Waals surface area contributed by atoms with Crippen LogP contribution < -0.4 is 9.64 Å². The van der Waals surface area contributed by atoms with E-state index in [0.29, 0.717) is 21.8 Å². The average Bonchev–Trinajstić information content (AvgIpc) is 3.66. The molecule has 2 aliphatic heterocycles. The Bertz CT molecular complexity index is 1600. The number of benzene rings is 3. The number of nitrogens with zero attached hydrogens (tertiary/aromatic N) is 1. The highest BCUT2D eigenvalue weighted by molar-refractivity contribution is 7.12. The molecule has 4 aromatic rings. The summed E-state index contributed by atoms with van der Waals surface area (Å²) < 4.78 is 5.40. The Kier molecular flexibility index (Phi) is 5.03. The van der Waals surface area contributed by atoms with Gasteiger partial charge in [0.2, 0.25) is 0 Å². The zero-order valence-corrected chi connectivity index (χ0v) is 21.4. The number of hydrogen-bond acceptors (Lipinski definition) is 6. The standard InChI is InChI=1S/C32H23NO4S/c1-37-21-15-12-20(13-16-21)27-28(29(34)25-11-6-18-38-25)33-24-10-5-2-7-19(24)14-17-26(33)32(27)30(35)22-8-3-4-9-23(22)31(32)36/h2-18,26-28H,1H3/t26-,27+,28-/m1/s1. The van der Waals surface area contributed by atoms with Crippen molar-refractivity contribution in [3.05, 3.63) is 124 Å². The van der Waals surface area contributed by atoms with Gasteiger partial charge in [0.15, 0.2) is 17.3 Å². The molecule has 38 heavy (non-hydrogen) atoms. The van der Waals surface area contributed by atoms with Gasteiger partial charge in [-0.15, -0.1) is 11.3 Å². The molecule has 186 valence electrons. The Morgan fingerprint density at radius 3 is 2.21 bits per heavy atom. The van der Waals surface area contributed by atoms with E-state index in [4.69, 9.17) is 4.74 Å². The number of ether oxygens (including phenoxy) is 1. The maximum Gasteiger partial charge on any atom is 0.195 e. The second kappa shape index (κ2) is 8.36. The normalized spacial score (nSPS) is 22.3. The van der Waals surface area contributed by atoms with Gasteiger partial charge in [-0.2, -0.15) is 0 Å². The maximum absolute atomic E-state index is 14.5. The third-order valence-electron chi connectivity index (χ3n) is 8.22. The molecule has 1 spiro atoms. The molecule has 3 aromatic carbocycles. The largest absolute Gasteiger partial charge is 0.497 e. The molecule has 3 aliphatic rings. The summed E-state index contributed by atoms with van der Waals surface area (Å²) in [5.41, 5.74) is 1.92. The van der Waals surface area contributed by atoms with E-state index >= 15 is 0 Å². The zero-order valence-electron chi connectivity index (χ0n) is 20.5. The monoisotopic (exact) mass is 517 g/mol. The van der Waals surface area contributed by atoms with E-state index in [1.54, 1.807) is 31.4 Å². The molecule has 0 radical (unpaired) electrons. The summed E-state index contributed by atoms with van der Waals surface area (Å²) in [7, 11) is 1.60. The van der Waals surface area contributed by atoms with Crippen LogP contribution in [0.2, 0.25) is 0 Å². The lowest BCUT2D eigenvalue weighted by Crippen LogP contribution is -2.48. The number of thiophene rings is 1. The zero-order chi connectivity index (χ0) is 26.0. The van der Waals surface area contributed by atoms with E-state index in [1.165, 1.54) is 11.3 Å². The van der Waals surface area contributed by atoms with Gasteiger partial charge in [0.25, 0.3) is 0 Å². The number of Topliss-reactive ketones (excluding diaryl/α,β-unsaturated/α-hetero) is 3. The van der Waals surface area contributed by atoms with Crippen molar-refractivity contribution in [3.8, 4) is 5.75 Å². The molecule has 3 heterocycles. The Morgan fingerprint density at radius 1 is 0.868 bits per heavy atom. The van der Waals surface area contributed by atoms with Crippen molar-refractivity contribution in [3.63, 3.8) is 0 Å². The summed E-state index contributed by atoms with van der Waals surface area (Å²) >= 11 is 1.38. The predicted octanol–water partition coefficient (Wildman–Crippen LogP) is 6.07. The molecule has 0 amide bonds. The van der Waals surface area contributed by atoms with Gasteiger partial charge >= 0.3 is 0 Å². The molecule has 0 unspecified atom stereocenters. The van der Waals surface area contributed by atoms with Crippen LogP contribution >= 0.6 is 11.3 Å². The summed E-state index contributed by atoms with van der Waals surface area (Å²) in [6.07, 6.45) is 3.92. The lowest BCUT2D eigenvalue weighted by Gasteiger charge is -2.37.